The lowest BCUT2D eigenvalue weighted by molar-refractivity contribution is 0.0697. The molecule has 0 saturated heterocycles. The first-order valence-corrected chi connectivity index (χ1v) is 6.89. The smallest absolute Gasteiger partial charge is 0.335 e. The maximum absolute atomic E-state index is 12.0. The van der Waals surface area contributed by atoms with Crippen molar-refractivity contribution in [2.75, 3.05) is 4.72 Å². The van der Waals surface area contributed by atoms with Crippen LogP contribution < -0.4 is 4.72 Å². The average Bonchev–Trinajstić information content (AvgIpc) is 2.18. The van der Waals surface area contributed by atoms with Crippen LogP contribution in [0.2, 0.25) is 0 Å². The zero-order valence-electron chi connectivity index (χ0n) is 10.8. The third kappa shape index (κ3) is 3.01. The Kier molecular flexibility index (Phi) is 3.71. The summed E-state index contributed by atoms with van der Waals surface area (Å²) in [6.07, 6.45) is 0. The van der Waals surface area contributed by atoms with Crippen molar-refractivity contribution in [3.8, 4) is 0 Å². The van der Waals surface area contributed by atoms with Crippen molar-refractivity contribution in [3.05, 3.63) is 29.3 Å². The maximum atomic E-state index is 12.0. The first-order chi connectivity index (χ1) is 8.04. The fraction of sp³-hybridized carbons (Fsp3) is 0.417. The Balaban J connectivity index is 3.11. The molecule has 0 spiro atoms. The van der Waals surface area contributed by atoms with Crippen LogP contribution in [-0.4, -0.2) is 24.2 Å². The Morgan fingerprint density at radius 1 is 1.28 bits per heavy atom. The largest absolute Gasteiger partial charge is 0.478 e. The molecule has 18 heavy (non-hydrogen) atoms. The third-order valence-electron chi connectivity index (χ3n) is 2.52. The Labute approximate surface area is 107 Å². The number of hydrogen-bond acceptors (Lipinski definition) is 3. The highest BCUT2D eigenvalue weighted by Gasteiger charge is 2.29. The van der Waals surface area contributed by atoms with Crippen LogP contribution in [0.4, 0.5) is 5.69 Å². The molecule has 1 rings (SSSR count). The highest BCUT2D eigenvalue weighted by molar-refractivity contribution is 7.94. The van der Waals surface area contributed by atoms with Crippen LogP contribution in [0.3, 0.4) is 0 Å². The minimum atomic E-state index is -3.50. The Morgan fingerprint density at radius 3 is 2.22 bits per heavy atom. The molecule has 0 atom stereocenters. The Morgan fingerprint density at radius 2 is 1.83 bits per heavy atom. The molecule has 0 saturated carbocycles. The van der Waals surface area contributed by atoms with Gasteiger partial charge in [0.1, 0.15) is 0 Å². The van der Waals surface area contributed by atoms with Crippen LogP contribution >= 0.6 is 0 Å². The second-order valence-corrected chi connectivity index (χ2v) is 7.49. The van der Waals surface area contributed by atoms with E-state index >= 15 is 0 Å². The van der Waals surface area contributed by atoms with Crippen molar-refractivity contribution in [1.82, 2.24) is 0 Å². The van der Waals surface area contributed by atoms with Crippen molar-refractivity contribution < 1.29 is 18.3 Å². The number of aryl methyl sites for hydroxylation is 1. The van der Waals surface area contributed by atoms with Crippen molar-refractivity contribution in [2.45, 2.75) is 32.4 Å². The molecule has 0 aliphatic carbocycles. The molecule has 0 aliphatic heterocycles. The SMILES string of the molecule is Cc1cc(C(=O)O)ccc1NS(=O)(=O)C(C)(C)C. The number of hydrogen-bond donors (Lipinski definition) is 2. The molecule has 1 aromatic rings. The van der Waals surface area contributed by atoms with Crippen LogP contribution in [0.15, 0.2) is 18.2 Å². The summed E-state index contributed by atoms with van der Waals surface area (Å²) in [6.45, 7) is 6.44. The zero-order chi connectivity index (χ0) is 14.1. The molecule has 1 aromatic carbocycles. The molecular weight excluding hydrogens is 254 g/mol. The summed E-state index contributed by atoms with van der Waals surface area (Å²) in [5.41, 5.74) is 1.10. The van der Waals surface area contributed by atoms with E-state index < -0.39 is 20.7 Å². The molecule has 6 heteroatoms. The summed E-state index contributed by atoms with van der Waals surface area (Å²) in [7, 11) is -3.50. The minimum Gasteiger partial charge on any atom is -0.478 e. The van der Waals surface area contributed by atoms with Crippen molar-refractivity contribution in [1.29, 1.82) is 0 Å². The molecule has 0 aromatic heterocycles. The highest BCUT2D eigenvalue weighted by atomic mass is 32.2. The normalized spacial score (nSPS) is 12.2. The van der Waals surface area contributed by atoms with Crippen LogP contribution in [0.1, 0.15) is 36.7 Å². The van der Waals surface area contributed by atoms with Gasteiger partial charge in [-0.2, -0.15) is 0 Å². The van der Waals surface area contributed by atoms with E-state index in [0.717, 1.165) is 0 Å². The van der Waals surface area contributed by atoms with E-state index in [1.165, 1.54) is 18.2 Å². The Bertz CT molecular complexity index is 570. The van der Waals surface area contributed by atoms with E-state index in [0.29, 0.717) is 11.3 Å². The minimum absolute atomic E-state index is 0.131. The first kappa shape index (κ1) is 14.5. The van der Waals surface area contributed by atoms with Gasteiger partial charge in [0.2, 0.25) is 10.0 Å². The van der Waals surface area contributed by atoms with Gasteiger partial charge in [0.05, 0.1) is 16.0 Å². The molecule has 0 amide bonds. The van der Waals surface area contributed by atoms with Crippen molar-refractivity contribution in [3.63, 3.8) is 0 Å². The molecule has 0 heterocycles. The van der Waals surface area contributed by atoms with Gasteiger partial charge in [-0.25, -0.2) is 13.2 Å². The maximum Gasteiger partial charge on any atom is 0.335 e. The van der Waals surface area contributed by atoms with Crippen LogP contribution in [0, 0.1) is 6.92 Å². The van der Waals surface area contributed by atoms with Crippen molar-refractivity contribution >= 4 is 21.7 Å². The summed E-state index contributed by atoms with van der Waals surface area (Å²) in [5.74, 6) is -1.04. The topological polar surface area (TPSA) is 83.5 Å². The van der Waals surface area contributed by atoms with Crippen LogP contribution in [0.5, 0.6) is 0 Å². The molecule has 0 bridgehead atoms. The summed E-state index contributed by atoms with van der Waals surface area (Å²) >= 11 is 0. The lowest BCUT2D eigenvalue weighted by atomic mass is 10.1. The standard InChI is InChI=1S/C12H17NO4S/c1-8-7-9(11(14)15)5-6-10(8)13-18(16,17)12(2,3)4/h5-7,13H,1-4H3,(H,14,15). The van der Waals surface area contributed by atoms with Gasteiger partial charge in [0.25, 0.3) is 0 Å². The van der Waals surface area contributed by atoms with E-state index in [2.05, 4.69) is 4.72 Å². The lowest BCUT2D eigenvalue weighted by Crippen LogP contribution is -2.33. The predicted octanol–water partition coefficient (Wildman–Crippen LogP) is 2.23. The number of benzene rings is 1. The molecule has 100 valence electrons. The third-order valence-corrected chi connectivity index (χ3v) is 4.62. The quantitative estimate of drug-likeness (QED) is 0.883. The number of sulfonamides is 1. The summed E-state index contributed by atoms with van der Waals surface area (Å²) in [4.78, 5) is 10.8. The number of anilines is 1. The Hall–Kier alpha value is -1.56. The number of aromatic carboxylic acids is 1. The van der Waals surface area contributed by atoms with Gasteiger partial charge < -0.3 is 5.11 Å². The molecule has 2 N–H and O–H groups in total. The van der Waals surface area contributed by atoms with Crippen molar-refractivity contribution in [2.24, 2.45) is 0 Å². The molecule has 0 unspecified atom stereocenters. The molecule has 5 nitrogen and oxygen atoms in total. The first-order valence-electron chi connectivity index (χ1n) is 5.41. The van der Waals surface area contributed by atoms with Crippen LogP contribution in [0.25, 0.3) is 0 Å². The van der Waals surface area contributed by atoms with E-state index in [1.54, 1.807) is 27.7 Å². The molecule has 0 radical (unpaired) electrons. The van der Waals surface area contributed by atoms with E-state index in [4.69, 9.17) is 5.11 Å². The van der Waals surface area contributed by atoms with E-state index in [9.17, 15) is 13.2 Å². The number of carboxylic acids is 1. The second-order valence-electron chi connectivity index (χ2n) is 5.05. The van der Waals surface area contributed by atoms with Gasteiger partial charge in [-0.3, -0.25) is 4.72 Å². The number of carboxylic acid groups (broad SMARTS) is 1. The zero-order valence-corrected chi connectivity index (χ0v) is 11.6. The van der Waals surface area contributed by atoms with E-state index in [1.807, 2.05) is 0 Å². The summed E-state index contributed by atoms with van der Waals surface area (Å²) in [6, 6.07) is 4.26. The van der Waals surface area contributed by atoms with Crippen LogP contribution in [-0.2, 0) is 10.0 Å². The fourth-order valence-electron chi connectivity index (χ4n) is 1.21. The molecular formula is C12H17NO4S. The monoisotopic (exact) mass is 271 g/mol. The highest BCUT2D eigenvalue weighted by Crippen LogP contribution is 2.23. The van der Waals surface area contributed by atoms with Gasteiger partial charge in [0, 0.05) is 0 Å². The molecule has 0 fully saturated rings. The van der Waals surface area contributed by atoms with Gasteiger partial charge >= 0.3 is 5.97 Å². The van der Waals surface area contributed by atoms with Gasteiger partial charge in [-0.05, 0) is 51.5 Å². The van der Waals surface area contributed by atoms with Gasteiger partial charge in [-0.15, -0.1) is 0 Å². The summed E-state index contributed by atoms with van der Waals surface area (Å²) < 4.78 is 25.5. The number of carbonyl (C=O) groups is 1. The predicted molar refractivity (Wildman–Crippen MR) is 70.4 cm³/mol. The number of nitrogens with one attached hydrogen (secondary N) is 1. The number of rotatable bonds is 3. The summed E-state index contributed by atoms with van der Waals surface area (Å²) in [5, 5.41) is 8.82. The lowest BCUT2D eigenvalue weighted by Gasteiger charge is -2.21. The van der Waals surface area contributed by atoms with E-state index in [-0.39, 0.29) is 5.56 Å². The van der Waals surface area contributed by atoms with Gasteiger partial charge in [0.15, 0.2) is 0 Å². The average molecular weight is 271 g/mol. The fourth-order valence-corrected chi connectivity index (χ4v) is 2.03. The molecule has 0 aliphatic rings. The second kappa shape index (κ2) is 4.61. The van der Waals surface area contributed by atoms with Gasteiger partial charge in [-0.1, -0.05) is 0 Å².